The number of benzene rings is 1. The topological polar surface area (TPSA) is 54.5 Å². The summed E-state index contributed by atoms with van der Waals surface area (Å²) < 4.78 is 5.26. The molecule has 2 rings (SSSR count). The second kappa shape index (κ2) is 9.25. The van der Waals surface area contributed by atoms with E-state index < -0.39 is 0 Å². The molecule has 1 amide bonds. The normalized spacial score (nSPS) is 10.7. The zero-order chi connectivity index (χ0) is 17.4. The van der Waals surface area contributed by atoms with Gasteiger partial charge in [-0.25, -0.2) is 4.98 Å². The lowest BCUT2D eigenvalue weighted by molar-refractivity contribution is -0.117. The van der Waals surface area contributed by atoms with Crippen molar-refractivity contribution < 1.29 is 9.53 Å². The molecule has 1 heterocycles. The number of aromatic nitrogens is 1. The molecule has 0 fully saturated rings. The highest BCUT2D eigenvalue weighted by atomic mass is 35.5. The van der Waals surface area contributed by atoms with Crippen molar-refractivity contribution in [1.82, 2.24) is 9.88 Å². The van der Waals surface area contributed by atoms with Crippen LogP contribution in [0.2, 0.25) is 5.15 Å². The van der Waals surface area contributed by atoms with Crippen LogP contribution in [0.25, 0.3) is 0 Å². The van der Waals surface area contributed by atoms with Gasteiger partial charge in [0.2, 0.25) is 5.91 Å². The molecule has 128 valence electrons. The quantitative estimate of drug-likeness (QED) is 0.741. The molecule has 0 saturated heterocycles. The van der Waals surface area contributed by atoms with Crippen LogP contribution in [-0.2, 0) is 11.3 Å². The van der Waals surface area contributed by atoms with Gasteiger partial charge in [-0.1, -0.05) is 36.7 Å². The van der Waals surface area contributed by atoms with E-state index in [9.17, 15) is 4.79 Å². The number of pyridine rings is 1. The third-order valence-electron chi connectivity index (χ3n) is 3.48. The lowest BCUT2D eigenvalue weighted by atomic mass is 10.2. The summed E-state index contributed by atoms with van der Waals surface area (Å²) in [6.07, 6.45) is 2.70. The van der Waals surface area contributed by atoms with Gasteiger partial charge in [0, 0.05) is 12.7 Å². The Morgan fingerprint density at radius 3 is 2.75 bits per heavy atom. The number of hydrogen-bond acceptors (Lipinski definition) is 4. The van der Waals surface area contributed by atoms with Crippen LogP contribution in [0, 0.1) is 0 Å². The molecule has 24 heavy (non-hydrogen) atoms. The molecule has 0 spiro atoms. The number of methoxy groups -OCH3 is 1. The van der Waals surface area contributed by atoms with Crippen molar-refractivity contribution in [1.29, 1.82) is 0 Å². The van der Waals surface area contributed by atoms with E-state index in [1.54, 1.807) is 19.4 Å². The molecular formula is C18H22ClN3O2. The van der Waals surface area contributed by atoms with Crippen molar-refractivity contribution in [3.8, 4) is 5.75 Å². The summed E-state index contributed by atoms with van der Waals surface area (Å²) in [4.78, 5) is 18.5. The summed E-state index contributed by atoms with van der Waals surface area (Å²) in [5, 5.41) is 3.37. The zero-order valence-corrected chi connectivity index (χ0v) is 14.7. The maximum Gasteiger partial charge on any atom is 0.238 e. The first-order valence-corrected chi connectivity index (χ1v) is 8.25. The lowest BCUT2D eigenvalue weighted by Gasteiger charge is -2.21. The molecule has 1 aromatic heterocycles. The van der Waals surface area contributed by atoms with Gasteiger partial charge in [-0.3, -0.25) is 9.69 Å². The number of carbonyl (C=O) groups excluding carboxylic acids is 1. The molecule has 2 aromatic rings. The number of ether oxygens (including phenoxy) is 1. The van der Waals surface area contributed by atoms with Gasteiger partial charge in [0.25, 0.3) is 0 Å². The van der Waals surface area contributed by atoms with Crippen molar-refractivity contribution in [2.45, 2.75) is 19.9 Å². The number of nitrogens with one attached hydrogen (secondary N) is 1. The Hall–Kier alpha value is -2.11. The number of para-hydroxylation sites is 2. The second-order valence-corrected chi connectivity index (χ2v) is 5.84. The molecule has 0 atom stereocenters. The summed E-state index contributed by atoms with van der Waals surface area (Å²) in [6.45, 7) is 3.86. The van der Waals surface area contributed by atoms with Gasteiger partial charge < -0.3 is 10.1 Å². The Labute approximate surface area is 147 Å². The Balaban J connectivity index is 1.98. The van der Waals surface area contributed by atoms with Gasteiger partial charge in [-0.2, -0.15) is 0 Å². The van der Waals surface area contributed by atoms with E-state index in [0.29, 0.717) is 29.7 Å². The molecule has 0 radical (unpaired) electrons. The van der Waals surface area contributed by atoms with Crippen LogP contribution in [0.4, 0.5) is 5.69 Å². The van der Waals surface area contributed by atoms with Crippen molar-refractivity contribution in [3.63, 3.8) is 0 Å². The number of amides is 1. The highest BCUT2D eigenvalue weighted by Crippen LogP contribution is 2.22. The lowest BCUT2D eigenvalue weighted by Crippen LogP contribution is -2.33. The van der Waals surface area contributed by atoms with Crippen molar-refractivity contribution in [2.75, 3.05) is 25.5 Å². The van der Waals surface area contributed by atoms with Crippen LogP contribution >= 0.6 is 11.6 Å². The van der Waals surface area contributed by atoms with Gasteiger partial charge in [0.1, 0.15) is 10.9 Å². The molecular weight excluding hydrogens is 326 g/mol. The molecule has 0 aliphatic carbocycles. The van der Waals surface area contributed by atoms with Crippen LogP contribution in [-0.4, -0.2) is 36.0 Å². The maximum absolute atomic E-state index is 12.4. The number of hydrogen-bond donors (Lipinski definition) is 1. The third-order valence-corrected chi connectivity index (χ3v) is 3.71. The predicted molar refractivity (Wildman–Crippen MR) is 96.4 cm³/mol. The van der Waals surface area contributed by atoms with E-state index in [-0.39, 0.29) is 5.91 Å². The van der Waals surface area contributed by atoms with Gasteiger partial charge in [0.05, 0.1) is 19.3 Å². The van der Waals surface area contributed by atoms with Gasteiger partial charge in [0.15, 0.2) is 0 Å². The Morgan fingerprint density at radius 2 is 2.08 bits per heavy atom. The first-order chi connectivity index (χ1) is 11.6. The van der Waals surface area contributed by atoms with Gasteiger partial charge in [-0.15, -0.1) is 0 Å². The largest absolute Gasteiger partial charge is 0.495 e. The summed E-state index contributed by atoms with van der Waals surface area (Å²) in [5.74, 6) is 0.574. The maximum atomic E-state index is 12.4. The summed E-state index contributed by atoms with van der Waals surface area (Å²) in [5.41, 5.74) is 1.70. The number of halogens is 1. The van der Waals surface area contributed by atoms with E-state index in [0.717, 1.165) is 18.5 Å². The second-order valence-electron chi connectivity index (χ2n) is 5.45. The first kappa shape index (κ1) is 18.2. The van der Waals surface area contributed by atoms with E-state index >= 15 is 0 Å². The predicted octanol–water partition coefficient (Wildman–Crippen LogP) is 3.59. The molecule has 0 aliphatic rings. The average molecular weight is 348 g/mol. The minimum absolute atomic E-state index is 0.0742. The fraction of sp³-hybridized carbons (Fsp3) is 0.333. The minimum atomic E-state index is -0.0742. The molecule has 1 aromatic carbocycles. The molecule has 1 N–H and O–H groups in total. The molecule has 0 unspecified atom stereocenters. The molecule has 5 nitrogen and oxygen atoms in total. The SMILES string of the molecule is CCCN(CC(=O)Nc1ccccc1OC)Cc1ccc(Cl)nc1. The van der Waals surface area contributed by atoms with Crippen molar-refractivity contribution >= 4 is 23.2 Å². The van der Waals surface area contributed by atoms with E-state index in [1.165, 1.54) is 0 Å². The number of anilines is 1. The average Bonchev–Trinajstić information content (AvgIpc) is 2.57. The van der Waals surface area contributed by atoms with Crippen LogP contribution in [0.15, 0.2) is 42.6 Å². The van der Waals surface area contributed by atoms with E-state index in [4.69, 9.17) is 16.3 Å². The molecule has 6 heteroatoms. The van der Waals surface area contributed by atoms with Crippen molar-refractivity contribution in [3.05, 3.63) is 53.3 Å². The van der Waals surface area contributed by atoms with Gasteiger partial charge >= 0.3 is 0 Å². The van der Waals surface area contributed by atoms with Crippen LogP contribution in [0.5, 0.6) is 5.75 Å². The monoisotopic (exact) mass is 347 g/mol. The fourth-order valence-corrected chi connectivity index (χ4v) is 2.54. The fourth-order valence-electron chi connectivity index (χ4n) is 2.43. The molecule has 0 saturated carbocycles. The van der Waals surface area contributed by atoms with Crippen LogP contribution in [0.3, 0.4) is 0 Å². The standard InChI is InChI=1S/C18H22ClN3O2/c1-3-10-22(12-14-8-9-17(19)20-11-14)13-18(23)21-15-6-4-5-7-16(15)24-2/h4-9,11H,3,10,12-13H2,1-2H3,(H,21,23). The molecule has 0 aliphatic heterocycles. The zero-order valence-electron chi connectivity index (χ0n) is 14.0. The Kier molecular flexibility index (Phi) is 7.03. The number of rotatable bonds is 8. The smallest absolute Gasteiger partial charge is 0.238 e. The summed E-state index contributed by atoms with van der Waals surface area (Å²) in [7, 11) is 1.59. The minimum Gasteiger partial charge on any atom is -0.495 e. The molecule has 0 bridgehead atoms. The number of carbonyl (C=O) groups is 1. The first-order valence-electron chi connectivity index (χ1n) is 7.88. The van der Waals surface area contributed by atoms with Gasteiger partial charge in [-0.05, 0) is 36.7 Å². The van der Waals surface area contributed by atoms with Crippen molar-refractivity contribution in [2.24, 2.45) is 0 Å². The Bertz CT molecular complexity index is 662. The van der Waals surface area contributed by atoms with E-state index in [1.807, 2.05) is 30.3 Å². The third kappa shape index (κ3) is 5.51. The van der Waals surface area contributed by atoms with E-state index in [2.05, 4.69) is 22.1 Å². The highest BCUT2D eigenvalue weighted by Gasteiger charge is 2.13. The Morgan fingerprint density at radius 1 is 1.29 bits per heavy atom. The summed E-state index contributed by atoms with van der Waals surface area (Å²) in [6, 6.07) is 11.1. The highest BCUT2D eigenvalue weighted by molar-refractivity contribution is 6.29. The van der Waals surface area contributed by atoms with Crippen LogP contribution in [0.1, 0.15) is 18.9 Å². The number of nitrogens with zero attached hydrogens (tertiary/aromatic N) is 2. The van der Waals surface area contributed by atoms with Crippen LogP contribution < -0.4 is 10.1 Å². The summed E-state index contributed by atoms with van der Waals surface area (Å²) >= 11 is 5.81.